The molecule has 0 bridgehead atoms. The van der Waals surface area contributed by atoms with Crippen LogP contribution in [0.5, 0.6) is 34.5 Å². The molecule has 0 aliphatic rings. The largest absolute Gasteiger partial charge is 0.508 e. The molecule has 7 heteroatoms. The van der Waals surface area contributed by atoms with E-state index in [1.54, 1.807) is 72.8 Å². The molecular formula is C46H44F2O5. The number of hydrogen-bond acceptors (Lipinski definition) is 5. The van der Waals surface area contributed by atoms with E-state index in [0.717, 1.165) is 22.3 Å². The minimum atomic E-state index is -0.629. The molecule has 0 saturated carbocycles. The van der Waals surface area contributed by atoms with Crippen LogP contribution in [0.4, 0.5) is 8.78 Å². The van der Waals surface area contributed by atoms with Gasteiger partial charge in [0.2, 0.25) is 0 Å². The van der Waals surface area contributed by atoms with Crippen molar-refractivity contribution >= 4 is 0 Å². The number of rotatable bonds is 14. The monoisotopic (exact) mass is 714 g/mol. The van der Waals surface area contributed by atoms with E-state index < -0.39 is 34.7 Å². The van der Waals surface area contributed by atoms with Gasteiger partial charge >= 0.3 is 0 Å². The van der Waals surface area contributed by atoms with Crippen LogP contribution in [-0.2, 0) is 28.4 Å². The lowest BCUT2D eigenvalue weighted by Gasteiger charge is -2.43. The van der Waals surface area contributed by atoms with Crippen LogP contribution in [0.2, 0.25) is 0 Å². The van der Waals surface area contributed by atoms with Gasteiger partial charge < -0.3 is 24.4 Å². The van der Waals surface area contributed by atoms with Crippen molar-refractivity contribution in [2.24, 2.45) is 0 Å². The third kappa shape index (κ3) is 9.05. The van der Waals surface area contributed by atoms with Crippen molar-refractivity contribution < 1.29 is 33.2 Å². The summed E-state index contributed by atoms with van der Waals surface area (Å²) in [6, 6.07) is 42.0. The number of ether oxygens (including phenoxy) is 3. The second kappa shape index (κ2) is 15.9. The highest BCUT2D eigenvalue weighted by Gasteiger charge is 2.40. The Morgan fingerprint density at radius 3 is 1.21 bits per heavy atom. The predicted molar refractivity (Wildman–Crippen MR) is 204 cm³/mol. The summed E-state index contributed by atoms with van der Waals surface area (Å²) in [6.45, 7) is 8.35. The molecule has 272 valence electrons. The topological polar surface area (TPSA) is 68.2 Å². The summed E-state index contributed by atoms with van der Waals surface area (Å²) in [6.07, 6.45) is -0.228. The average Bonchev–Trinajstić information content (AvgIpc) is 3.15. The summed E-state index contributed by atoms with van der Waals surface area (Å²) >= 11 is 0. The van der Waals surface area contributed by atoms with Gasteiger partial charge in [-0.05, 0) is 108 Å². The predicted octanol–water partition coefficient (Wildman–Crippen LogP) is 11.5. The summed E-state index contributed by atoms with van der Waals surface area (Å²) in [4.78, 5) is 0. The Hall–Kier alpha value is -5.66. The fourth-order valence-corrected chi connectivity index (χ4v) is 6.46. The van der Waals surface area contributed by atoms with Gasteiger partial charge in [0, 0.05) is 10.8 Å². The van der Waals surface area contributed by atoms with Crippen LogP contribution in [0, 0.1) is 11.6 Å². The van der Waals surface area contributed by atoms with Gasteiger partial charge in [0.1, 0.15) is 23.0 Å². The van der Waals surface area contributed by atoms with Crippen molar-refractivity contribution in [3.05, 3.63) is 179 Å². The molecule has 2 N–H and O–H groups in total. The molecule has 0 aliphatic heterocycles. The first-order valence-electron chi connectivity index (χ1n) is 17.7. The Labute approximate surface area is 310 Å². The van der Waals surface area contributed by atoms with Gasteiger partial charge in [-0.25, -0.2) is 8.78 Å². The van der Waals surface area contributed by atoms with Gasteiger partial charge in [-0.2, -0.15) is 0 Å². The molecule has 6 rings (SSSR count). The average molecular weight is 715 g/mol. The number of para-hydroxylation sites is 2. The lowest BCUT2D eigenvalue weighted by molar-refractivity contribution is -0.0753. The molecule has 5 nitrogen and oxygen atoms in total. The van der Waals surface area contributed by atoms with Crippen molar-refractivity contribution in [3.8, 4) is 34.5 Å². The van der Waals surface area contributed by atoms with Crippen molar-refractivity contribution in [2.45, 2.75) is 63.6 Å². The summed E-state index contributed by atoms with van der Waals surface area (Å²) in [5.41, 5.74) is 2.22. The molecule has 2 unspecified atom stereocenters. The molecular weight excluding hydrogens is 670 g/mol. The maximum Gasteiger partial charge on any atom is 0.165 e. The molecule has 6 aromatic carbocycles. The van der Waals surface area contributed by atoms with Gasteiger partial charge in [0.15, 0.2) is 23.1 Å². The highest BCUT2D eigenvalue weighted by Crippen LogP contribution is 2.40. The van der Waals surface area contributed by atoms with E-state index in [-0.39, 0.29) is 23.0 Å². The van der Waals surface area contributed by atoms with Crippen LogP contribution in [-0.4, -0.2) is 22.4 Å². The maximum atomic E-state index is 15.1. The number of hydrogen-bond donors (Lipinski definition) is 2. The van der Waals surface area contributed by atoms with E-state index in [0.29, 0.717) is 24.3 Å². The molecule has 0 aromatic heterocycles. The first-order valence-corrected chi connectivity index (χ1v) is 17.7. The number of aromatic hydroxyl groups is 2. The summed E-state index contributed by atoms with van der Waals surface area (Å²) in [7, 11) is 0. The van der Waals surface area contributed by atoms with E-state index in [9.17, 15) is 10.2 Å². The molecule has 0 fully saturated rings. The SMILES string of the molecule is CC(C)(c1ccc(O)cc1)C(Cc1ccc(F)c(Oc2ccccc2)c1)OC(Cc1ccc(F)c(Oc2ccccc2)c1)C(C)(C)c1ccc(O)cc1. The number of halogens is 2. The van der Waals surface area contributed by atoms with Crippen molar-refractivity contribution in [3.63, 3.8) is 0 Å². The zero-order valence-electron chi connectivity index (χ0n) is 30.3. The number of phenolic OH excluding ortho intramolecular Hbond substituents is 2. The molecule has 0 aliphatic carbocycles. The minimum absolute atomic E-state index is 0.105. The third-order valence-electron chi connectivity index (χ3n) is 9.94. The zero-order chi connectivity index (χ0) is 37.6. The maximum absolute atomic E-state index is 15.1. The Kier molecular flexibility index (Phi) is 11.2. The van der Waals surface area contributed by atoms with E-state index in [1.807, 2.05) is 60.7 Å². The lowest BCUT2D eigenvalue weighted by atomic mass is 9.74. The molecule has 0 saturated heterocycles. The summed E-state index contributed by atoms with van der Waals surface area (Å²) < 4.78 is 49.5. The minimum Gasteiger partial charge on any atom is -0.508 e. The van der Waals surface area contributed by atoms with Crippen LogP contribution < -0.4 is 9.47 Å². The normalized spacial score (nSPS) is 12.9. The van der Waals surface area contributed by atoms with Crippen LogP contribution in [0.1, 0.15) is 49.9 Å². The molecule has 2 atom stereocenters. The van der Waals surface area contributed by atoms with Crippen molar-refractivity contribution in [1.82, 2.24) is 0 Å². The standard InChI is InChI=1S/C46H44F2O5/c1-45(2,33-17-21-35(49)22-18-33)43(29-31-15-25-39(47)41(27-31)51-37-11-7-5-8-12-37)53-44(46(3,4)34-19-23-36(50)24-20-34)30-32-16-26-40(48)42(28-32)52-38-13-9-6-10-14-38/h5-28,43-44,49-50H,29-30H2,1-4H3. The first kappa shape index (κ1) is 37.1. The zero-order valence-corrected chi connectivity index (χ0v) is 30.3. The fourth-order valence-electron chi connectivity index (χ4n) is 6.46. The summed E-state index contributed by atoms with van der Waals surface area (Å²) in [5, 5.41) is 20.3. The lowest BCUT2D eigenvalue weighted by Crippen LogP contribution is -2.46. The first-order chi connectivity index (χ1) is 25.4. The Balaban J connectivity index is 1.40. The van der Waals surface area contributed by atoms with E-state index >= 15 is 8.78 Å². The van der Waals surface area contributed by atoms with Crippen LogP contribution in [0.3, 0.4) is 0 Å². The second-order valence-electron chi connectivity index (χ2n) is 14.4. The van der Waals surface area contributed by atoms with Gasteiger partial charge in [-0.15, -0.1) is 0 Å². The number of benzene rings is 6. The van der Waals surface area contributed by atoms with Crippen LogP contribution in [0.15, 0.2) is 146 Å². The Bertz CT molecular complexity index is 1950. The van der Waals surface area contributed by atoms with Gasteiger partial charge in [-0.1, -0.05) is 100 Å². The van der Waals surface area contributed by atoms with Crippen molar-refractivity contribution in [2.75, 3.05) is 0 Å². The fraction of sp³-hybridized carbons (Fsp3) is 0.217. The van der Waals surface area contributed by atoms with Crippen LogP contribution >= 0.6 is 0 Å². The molecule has 0 amide bonds. The number of phenols is 2. The van der Waals surface area contributed by atoms with Crippen LogP contribution in [0.25, 0.3) is 0 Å². The molecule has 0 spiro atoms. The second-order valence-corrected chi connectivity index (χ2v) is 14.4. The molecule has 0 radical (unpaired) electrons. The summed E-state index contributed by atoms with van der Waals surface area (Å²) in [5.74, 6) is 0.589. The molecule has 53 heavy (non-hydrogen) atoms. The highest BCUT2D eigenvalue weighted by atomic mass is 19.1. The highest BCUT2D eigenvalue weighted by molar-refractivity contribution is 5.39. The third-order valence-corrected chi connectivity index (χ3v) is 9.94. The quantitative estimate of drug-likeness (QED) is 0.118. The van der Waals surface area contributed by atoms with E-state index in [4.69, 9.17) is 14.2 Å². The Morgan fingerprint density at radius 1 is 0.491 bits per heavy atom. The Morgan fingerprint density at radius 2 is 0.849 bits per heavy atom. The van der Waals surface area contributed by atoms with Gasteiger partial charge in [-0.3, -0.25) is 0 Å². The van der Waals surface area contributed by atoms with Gasteiger partial charge in [0.05, 0.1) is 12.2 Å². The van der Waals surface area contributed by atoms with Gasteiger partial charge in [0.25, 0.3) is 0 Å². The van der Waals surface area contributed by atoms with E-state index in [1.165, 1.54) is 12.1 Å². The molecule has 6 aromatic rings. The van der Waals surface area contributed by atoms with E-state index in [2.05, 4.69) is 27.7 Å². The smallest absolute Gasteiger partial charge is 0.165 e. The van der Waals surface area contributed by atoms with Crippen molar-refractivity contribution in [1.29, 1.82) is 0 Å². The molecule has 0 heterocycles.